The number of imide groups is 1. The fraction of sp³-hybridized carbons (Fsp3) is 0.513. The van der Waals surface area contributed by atoms with Gasteiger partial charge in [-0.25, -0.2) is 4.57 Å². The van der Waals surface area contributed by atoms with Crippen LogP contribution in [0.2, 0.25) is 5.02 Å². The summed E-state index contributed by atoms with van der Waals surface area (Å²) in [4.78, 5) is 29.0. The van der Waals surface area contributed by atoms with Crippen molar-refractivity contribution in [3.8, 4) is 11.5 Å². The Bertz CT molecular complexity index is 1350. The molecule has 0 N–H and O–H groups in total. The van der Waals surface area contributed by atoms with E-state index in [0.717, 1.165) is 18.5 Å². The van der Waals surface area contributed by atoms with Crippen LogP contribution in [0.15, 0.2) is 66.9 Å². The number of methoxy groups -OCH3 is 1. The van der Waals surface area contributed by atoms with Crippen molar-refractivity contribution >= 4 is 23.4 Å². The molecule has 3 aromatic rings. The van der Waals surface area contributed by atoms with E-state index in [0.29, 0.717) is 40.8 Å². The van der Waals surface area contributed by atoms with Crippen LogP contribution in [0, 0.1) is 0 Å². The van der Waals surface area contributed by atoms with E-state index in [2.05, 4.69) is 6.92 Å². The van der Waals surface area contributed by atoms with Gasteiger partial charge in [-0.05, 0) is 43.7 Å². The molecule has 0 aliphatic heterocycles. The normalized spacial score (nSPS) is 11.0. The Balaban J connectivity index is 1.50. The number of aryl methyl sites for hydroxylation is 1. The largest absolute Gasteiger partial charge is 0.496 e. The average Bonchev–Trinajstić information content (AvgIpc) is 3.09. The van der Waals surface area contributed by atoms with Gasteiger partial charge in [-0.2, -0.15) is 0 Å². The van der Waals surface area contributed by atoms with Gasteiger partial charge >= 0.3 is 0 Å². The van der Waals surface area contributed by atoms with Crippen LogP contribution in [-0.2, 0) is 13.1 Å². The van der Waals surface area contributed by atoms with Gasteiger partial charge in [-0.3, -0.25) is 14.5 Å². The number of carbonyl (C=O) groups excluding carboxylic acids is 2. The number of rotatable bonds is 22. The van der Waals surface area contributed by atoms with Gasteiger partial charge in [0.1, 0.15) is 24.6 Å². The number of aromatic nitrogens is 1. The maximum absolute atomic E-state index is 13.9. The quantitative estimate of drug-likeness (QED) is 0.0617. The molecule has 0 saturated heterocycles. The molecule has 0 fully saturated rings. The Hall–Kier alpha value is -3.38. The van der Waals surface area contributed by atoms with E-state index in [1.807, 2.05) is 35.9 Å². The van der Waals surface area contributed by atoms with Crippen LogP contribution >= 0.6 is 11.6 Å². The first kappa shape index (κ1) is 37.1. The van der Waals surface area contributed by atoms with E-state index >= 15 is 0 Å². The van der Waals surface area contributed by atoms with Gasteiger partial charge in [0.25, 0.3) is 11.8 Å². The lowest BCUT2D eigenvalue weighted by Crippen LogP contribution is -2.43. The molecule has 0 atom stereocenters. The number of para-hydroxylation sites is 1. The fourth-order valence-corrected chi connectivity index (χ4v) is 5.95. The first-order chi connectivity index (χ1) is 22.5. The maximum Gasteiger partial charge on any atom is 0.265 e. The first-order valence-electron chi connectivity index (χ1n) is 17.4. The fourth-order valence-electron chi connectivity index (χ4n) is 5.71. The van der Waals surface area contributed by atoms with E-state index in [9.17, 15) is 9.59 Å². The third-order valence-electron chi connectivity index (χ3n) is 8.46. The summed E-state index contributed by atoms with van der Waals surface area (Å²) < 4.78 is 13.4. The topological polar surface area (TPSA) is 59.7 Å². The number of ether oxygens (including phenoxy) is 2. The molecule has 0 aliphatic rings. The lowest BCUT2D eigenvalue weighted by atomic mass is 10.0. The van der Waals surface area contributed by atoms with Gasteiger partial charge in [0.15, 0.2) is 6.20 Å². The molecule has 3 rings (SSSR count). The molecule has 1 aromatic heterocycles. The summed E-state index contributed by atoms with van der Waals surface area (Å²) in [5.41, 5.74) is 1.47. The number of amides is 2. The van der Waals surface area contributed by atoms with Gasteiger partial charge in [0, 0.05) is 17.7 Å². The van der Waals surface area contributed by atoms with E-state index in [4.69, 9.17) is 21.1 Å². The highest BCUT2D eigenvalue weighted by Crippen LogP contribution is 2.28. The summed E-state index contributed by atoms with van der Waals surface area (Å²) >= 11 is 6.59. The van der Waals surface area contributed by atoms with Crippen LogP contribution in [0.4, 0.5) is 0 Å². The van der Waals surface area contributed by atoms with Gasteiger partial charge in [-0.1, -0.05) is 120 Å². The number of hydrogen-bond donors (Lipinski definition) is 0. The second-order valence-electron chi connectivity index (χ2n) is 12.0. The van der Waals surface area contributed by atoms with Crippen molar-refractivity contribution in [1.82, 2.24) is 4.90 Å². The Morgan fingerprint density at radius 1 is 0.717 bits per heavy atom. The molecule has 0 bridgehead atoms. The van der Waals surface area contributed by atoms with Crippen molar-refractivity contribution in [2.75, 3.05) is 13.7 Å². The molecule has 0 spiro atoms. The number of nitrogens with zero attached hydrogens (tertiary/aromatic N) is 2. The van der Waals surface area contributed by atoms with Crippen LogP contribution in [0.5, 0.6) is 11.5 Å². The molecular formula is C39H54ClN2O4+. The van der Waals surface area contributed by atoms with Gasteiger partial charge in [-0.15, -0.1) is 0 Å². The van der Waals surface area contributed by atoms with Gasteiger partial charge in [0.2, 0.25) is 5.69 Å². The number of benzene rings is 2. The number of unbranched alkanes of at least 4 members (excludes halogenated alkanes) is 13. The Kier molecular flexibility index (Phi) is 17.3. The Morgan fingerprint density at radius 2 is 1.33 bits per heavy atom. The highest BCUT2D eigenvalue weighted by Gasteiger charge is 2.29. The van der Waals surface area contributed by atoms with Crippen molar-refractivity contribution in [3.05, 3.63) is 88.7 Å². The zero-order valence-electron chi connectivity index (χ0n) is 28.3. The van der Waals surface area contributed by atoms with Crippen LogP contribution in [-0.4, -0.2) is 30.4 Å². The third-order valence-corrected chi connectivity index (χ3v) is 8.75. The molecule has 2 aromatic carbocycles. The summed E-state index contributed by atoms with van der Waals surface area (Å²) in [5, 5.41) is 0.351. The Labute approximate surface area is 282 Å². The monoisotopic (exact) mass is 649 g/mol. The predicted molar refractivity (Wildman–Crippen MR) is 187 cm³/mol. The minimum absolute atomic E-state index is 0.0966. The molecule has 2 amide bonds. The zero-order valence-corrected chi connectivity index (χ0v) is 29.0. The van der Waals surface area contributed by atoms with Gasteiger partial charge in [0.05, 0.1) is 24.3 Å². The molecular weight excluding hydrogens is 596 g/mol. The molecule has 1 heterocycles. The van der Waals surface area contributed by atoms with Crippen LogP contribution < -0.4 is 14.0 Å². The van der Waals surface area contributed by atoms with E-state index < -0.39 is 11.8 Å². The molecule has 250 valence electrons. The minimum Gasteiger partial charge on any atom is -0.496 e. The summed E-state index contributed by atoms with van der Waals surface area (Å²) in [6, 6.07) is 17.7. The minimum atomic E-state index is -0.442. The van der Waals surface area contributed by atoms with Crippen LogP contribution in [0.3, 0.4) is 0 Å². The molecule has 46 heavy (non-hydrogen) atoms. The summed E-state index contributed by atoms with van der Waals surface area (Å²) in [5.74, 6) is 0.0699. The smallest absolute Gasteiger partial charge is 0.265 e. The lowest BCUT2D eigenvalue weighted by molar-refractivity contribution is -0.701. The molecule has 0 aliphatic carbocycles. The first-order valence-corrected chi connectivity index (χ1v) is 17.8. The summed E-state index contributed by atoms with van der Waals surface area (Å²) in [7, 11) is 1.51. The molecule has 6 nitrogen and oxygen atoms in total. The second-order valence-corrected chi connectivity index (χ2v) is 12.4. The maximum atomic E-state index is 13.9. The zero-order chi connectivity index (χ0) is 33.0. The number of halogens is 1. The van der Waals surface area contributed by atoms with E-state index in [1.54, 1.807) is 42.5 Å². The number of pyridine rings is 1. The molecule has 0 saturated carbocycles. The van der Waals surface area contributed by atoms with Crippen LogP contribution in [0.1, 0.15) is 130 Å². The Morgan fingerprint density at radius 3 is 1.93 bits per heavy atom. The van der Waals surface area contributed by atoms with Crippen LogP contribution in [0.25, 0.3) is 0 Å². The number of carbonyl (C=O) groups is 2. The van der Waals surface area contributed by atoms with Crippen molar-refractivity contribution in [2.45, 2.75) is 117 Å². The SMILES string of the molecule is CCCCCCCCCCCCCCCCOc1ccc(C(=O)N(Cc2cccc[n+]2CC)C(=O)c2ccccc2OC)cc1Cl. The highest BCUT2D eigenvalue weighted by molar-refractivity contribution is 6.32. The molecule has 0 radical (unpaired) electrons. The van der Waals surface area contributed by atoms with Crippen molar-refractivity contribution in [2.24, 2.45) is 0 Å². The predicted octanol–water partition coefficient (Wildman–Crippen LogP) is 10.00. The molecule has 7 heteroatoms. The van der Waals surface area contributed by atoms with Crippen molar-refractivity contribution < 1.29 is 23.6 Å². The standard InChI is InChI=1S/C39H54ClN2O4/c1-4-6-7-8-9-10-11-12-13-14-15-16-17-22-29-46-37-27-26-32(30-35(37)40)38(43)42(31-33-23-20-21-28-41(33)5-2)39(44)34-24-18-19-25-36(34)45-3/h18-21,23-28,30H,4-17,22,29,31H2,1-3H3/q+1. The second kappa shape index (κ2) is 21.4. The van der Waals surface area contributed by atoms with E-state index in [-0.39, 0.29) is 6.54 Å². The summed E-state index contributed by atoms with van der Waals surface area (Å²) in [6.07, 6.45) is 20.2. The average molecular weight is 650 g/mol. The lowest BCUT2D eigenvalue weighted by Gasteiger charge is -2.21. The number of hydrogen-bond acceptors (Lipinski definition) is 4. The third kappa shape index (κ3) is 12.1. The summed E-state index contributed by atoms with van der Waals surface area (Å²) in [6.45, 7) is 5.67. The van der Waals surface area contributed by atoms with E-state index in [1.165, 1.54) is 89.1 Å². The van der Waals surface area contributed by atoms with Crippen molar-refractivity contribution in [1.29, 1.82) is 0 Å². The van der Waals surface area contributed by atoms with Gasteiger partial charge < -0.3 is 9.47 Å². The molecule has 0 unspecified atom stereocenters. The highest BCUT2D eigenvalue weighted by atomic mass is 35.5. The van der Waals surface area contributed by atoms with Crippen molar-refractivity contribution in [3.63, 3.8) is 0 Å².